The number of likely N-dealkylation sites (N-methyl/N-ethyl adjacent to an activating group) is 1. The van der Waals surface area contributed by atoms with E-state index in [0.717, 1.165) is 27.5 Å². The molecule has 1 aromatic heterocycles. The Morgan fingerprint density at radius 1 is 1.07 bits per heavy atom. The number of halogens is 1. The molecule has 0 N–H and O–H groups in total. The molecule has 0 aliphatic rings. The monoisotopic (exact) mass is 399 g/mol. The van der Waals surface area contributed by atoms with Crippen LogP contribution in [0.25, 0.3) is 10.6 Å². The van der Waals surface area contributed by atoms with Crippen LogP contribution in [0.3, 0.4) is 0 Å². The summed E-state index contributed by atoms with van der Waals surface area (Å²) >= 11 is 7.74. The van der Waals surface area contributed by atoms with E-state index >= 15 is 0 Å². The number of carbonyl (C=O) groups excluding carboxylic acids is 1. The highest BCUT2D eigenvalue weighted by molar-refractivity contribution is 7.13. The van der Waals surface area contributed by atoms with Gasteiger partial charge in [-0.15, -0.1) is 11.3 Å². The van der Waals surface area contributed by atoms with Crippen molar-refractivity contribution in [3.63, 3.8) is 0 Å². The lowest BCUT2D eigenvalue weighted by molar-refractivity contribution is -0.129. The molecule has 1 amide bonds. The van der Waals surface area contributed by atoms with Crippen molar-refractivity contribution in [3.05, 3.63) is 70.2 Å². The topological polar surface area (TPSA) is 36.4 Å². The molecule has 0 aliphatic carbocycles. The predicted molar refractivity (Wildman–Crippen MR) is 114 cm³/mol. The normalized spacial score (nSPS) is 10.7. The van der Waals surface area contributed by atoms with Crippen LogP contribution in [-0.4, -0.2) is 36.9 Å². The van der Waals surface area contributed by atoms with Crippen LogP contribution in [0.15, 0.2) is 53.9 Å². The number of aromatic nitrogens is 1. The summed E-state index contributed by atoms with van der Waals surface area (Å²) in [5.41, 5.74) is 3.92. The van der Waals surface area contributed by atoms with Gasteiger partial charge in [0.2, 0.25) is 5.91 Å². The molecule has 6 heteroatoms. The van der Waals surface area contributed by atoms with Gasteiger partial charge in [0, 0.05) is 44.3 Å². The summed E-state index contributed by atoms with van der Waals surface area (Å²) < 4.78 is 0. The van der Waals surface area contributed by atoms with Crippen LogP contribution in [0, 0.1) is 0 Å². The van der Waals surface area contributed by atoms with E-state index < -0.39 is 0 Å². The molecule has 0 atom stereocenters. The maximum absolute atomic E-state index is 12.6. The van der Waals surface area contributed by atoms with Gasteiger partial charge >= 0.3 is 0 Å². The first-order valence-electron chi connectivity index (χ1n) is 8.63. The van der Waals surface area contributed by atoms with Crippen LogP contribution in [0.5, 0.6) is 0 Å². The first-order valence-corrected chi connectivity index (χ1v) is 9.89. The molecular formula is C21H22ClN3OS. The average molecular weight is 400 g/mol. The van der Waals surface area contributed by atoms with Gasteiger partial charge in [-0.2, -0.15) is 0 Å². The largest absolute Gasteiger partial charge is 0.378 e. The van der Waals surface area contributed by atoms with Crippen molar-refractivity contribution in [2.24, 2.45) is 0 Å². The zero-order valence-corrected chi connectivity index (χ0v) is 17.2. The second kappa shape index (κ2) is 8.55. The third kappa shape index (κ3) is 4.87. The van der Waals surface area contributed by atoms with E-state index in [1.54, 1.807) is 4.90 Å². The summed E-state index contributed by atoms with van der Waals surface area (Å²) in [4.78, 5) is 20.9. The number of rotatable bonds is 6. The molecule has 0 spiro atoms. The Morgan fingerprint density at radius 2 is 1.78 bits per heavy atom. The molecule has 2 aromatic carbocycles. The Bertz CT molecular complexity index is 921. The molecule has 3 aromatic rings. The molecule has 0 saturated carbocycles. The molecule has 4 nitrogen and oxygen atoms in total. The molecule has 0 bridgehead atoms. The zero-order chi connectivity index (χ0) is 19.4. The molecule has 0 fully saturated rings. The van der Waals surface area contributed by atoms with Crippen molar-refractivity contribution in [3.8, 4) is 10.6 Å². The molecule has 1 heterocycles. The quantitative estimate of drug-likeness (QED) is 0.601. The van der Waals surface area contributed by atoms with E-state index in [2.05, 4.69) is 34.1 Å². The highest BCUT2D eigenvalue weighted by atomic mass is 35.5. The van der Waals surface area contributed by atoms with Gasteiger partial charge in [-0.25, -0.2) is 4.98 Å². The summed E-state index contributed by atoms with van der Waals surface area (Å²) in [5.74, 6) is 0.0442. The Kier molecular flexibility index (Phi) is 6.14. The number of nitrogens with zero attached hydrogens (tertiary/aromatic N) is 3. The number of hydrogen-bond acceptors (Lipinski definition) is 4. The second-order valence-electron chi connectivity index (χ2n) is 6.61. The van der Waals surface area contributed by atoms with Crippen molar-refractivity contribution in [2.45, 2.75) is 13.0 Å². The Morgan fingerprint density at radius 3 is 2.44 bits per heavy atom. The van der Waals surface area contributed by atoms with E-state index in [0.29, 0.717) is 11.6 Å². The lowest BCUT2D eigenvalue weighted by atomic mass is 10.2. The lowest BCUT2D eigenvalue weighted by Gasteiger charge is -2.18. The number of benzene rings is 2. The Hall–Kier alpha value is -2.37. The van der Waals surface area contributed by atoms with Gasteiger partial charge in [0.15, 0.2) is 0 Å². The van der Waals surface area contributed by atoms with E-state index in [-0.39, 0.29) is 12.3 Å². The first-order chi connectivity index (χ1) is 12.9. The number of thiazole rings is 1. The van der Waals surface area contributed by atoms with Gasteiger partial charge in [0.1, 0.15) is 5.01 Å². The number of hydrogen-bond donors (Lipinski definition) is 0. The molecule has 3 rings (SSSR count). The first kappa shape index (κ1) is 19.4. The zero-order valence-electron chi connectivity index (χ0n) is 15.6. The molecule has 0 saturated heterocycles. The average Bonchev–Trinajstić information content (AvgIpc) is 3.10. The fraction of sp³-hybridized carbons (Fsp3) is 0.238. The number of amides is 1. The van der Waals surface area contributed by atoms with Crippen molar-refractivity contribution in [1.29, 1.82) is 0 Å². The van der Waals surface area contributed by atoms with Crippen LogP contribution in [-0.2, 0) is 17.8 Å². The van der Waals surface area contributed by atoms with E-state index in [1.165, 1.54) is 11.3 Å². The second-order valence-corrected chi connectivity index (χ2v) is 7.88. The summed E-state index contributed by atoms with van der Waals surface area (Å²) in [6.07, 6.45) is 0.285. The maximum Gasteiger partial charge on any atom is 0.228 e. The summed E-state index contributed by atoms with van der Waals surface area (Å²) in [7, 11) is 5.84. The van der Waals surface area contributed by atoms with Crippen molar-refractivity contribution < 1.29 is 4.79 Å². The summed E-state index contributed by atoms with van der Waals surface area (Å²) in [6.45, 7) is 0.577. The van der Waals surface area contributed by atoms with Gasteiger partial charge < -0.3 is 9.80 Å². The van der Waals surface area contributed by atoms with Crippen LogP contribution in [0.2, 0.25) is 5.02 Å². The minimum absolute atomic E-state index is 0.0442. The van der Waals surface area contributed by atoms with Crippen molar-refractivity contribution >= 4 is 34.5 Å². The van der Waals surface area contributed by atoms with E-state index in [1.807, 2.05) is 50.8 Å². The minimum atomic E-state index is 0.0442. The molecular weight excluding hydrogens is 378 g/mol. The molecule has 140 valence electrons. The maximum atomic E-state index is 12.6. The van der Waals surface area contributed by atoms with Gasteiger partial charge in [-0.3, -0.25) is 4.79 Å². The smallest absolute Gasteiger partial charge is 0.228 e. The third-order valence-electron chi connectivity index (χ3n) is 4.29. The van der Waals surface area contributed by atoms with Crippen molar-refractivity contribution in [1.82, 2.24) is 9.88 Å². The number of anilines is 1. The molecule has 0 aliphatic heterocycles. The standard InChI is InChI=1S/C21H22ClN3OS/c1-24(2)17-10-8-15(9-11-17)13-25(3)20(26)12-16-14-27-21(23-16)18-6-4-5-7-19(18)22/h4-11,14H,12-13H2,1-3H3. The van der Waals surface area contributed by atoms with Gasteiger partial charge in [-0.1, -0.05) is 41.9 Å². The summed E-state index contributed by atoms with van der Waals surface area (Å²) in [5, 5.41) is 3.43. The fourth-order valence-corrected chi connectivity index (χ4v) is 3.84. The Balaban J connectivity index is 1.62. The summed E-state index contributed by atoms with van der Waals surface area (Å²) in [6, 6.07) is 15.8. The van der Waals surface area contributed by atoms with Crippen LogP contribution < -0.4 is 4.90 Å². The van der Waals surface area contributed by atoms with Gasteiger partial charge in [-0.05, 0) is 23.8 Å². The van der Waals surface area contributed by atoms with Gasteiger partial charge in [0.05, 0.1) is 17.1 Å². The third-order valence-corrected chi connectivity index (χ3v) is 5.54. The molecule has 0 unspecified atom stereocenters. The molecule has 0 radical (unpaired) electrons. The van der Waals surface area contributed by atoms with E-state index in [4.69, 9.17) is 11.6 Å². The van der Waals surface area contributed by atoms with Crippen LogP contribution in [0.4, 0.5) is 5.69 Å². The van der Waals surface area contributed by atoms with E-state index in [9.17, 15) is 4.79 Å². The van der Waals surface area contributed by atoms with Crippen LogP contribution in [0.1, 0.15) is 11.3 Å². The molecule has 27 heavy (non-hydrogen) atoms. The predicted octanol–water partition coefficient (Wildman–Crippen LogP) is 4.73. The minimum Gasteiger partial charge on any atom is -0.378 e. The number of carbonyl (C=O) groups is 1. The Labute approximate surface area is 169 Å². The SMILES string of the molecule is CN(Cc1ccc(N(C)C)cc1)C(=O)Cc1csc(-c2ccccc2Cl)n1. The highest BCUT2D eigenvalue weighted by Crippen LogP contribution is 2.30. The van der Waals surface area contributed by atoms with Gasteiger partial charge in [0.25, 0.3) is 0 Å². The van der Waals surface area contributed by atoms with Crippen LogP contribution >= 0.6 is 22.9 Å². The fourth-order valence-electron chi connectivity index (χ4n) is 2.70. The lowest BCUT2D eigenvalue weighted by Crippen LogP contribution is -2.27. The highest BCUT2D eigenvalue weighted by Gasteiger charge is 2.14. The van der Waals surface area contributed by atoms with Crippen molar-refractivity contribution in [2.75, 3.05) is 26.0 Å².